The second-order valence-electron chi connectivity index (χ2n) is 5.52. The number of hydrogen-bond donors (Lipinski definition) is 0. The van der Waals surface area contributed by atoms with Crippen LogP contribution in [0.4, 0.5) is 0 Å². The zero-order valence-corrected chi connectivity index (χ0v) is 13.1. The molecular formula is C14H21ClN2O4. The molecule has 7 heteroatoms. The van der Waals surface area contributed by atoms with Gasteiger partial charge in [0.15, 0.2) is 0 Å². The third-order valence-corrected chi connectivity index (χ3v) is 4.36. The van der Waals surface area contributed by atoms with Crippen molar-refractivity contribution < 1.29 is 19.1 Å². The van der Waals surface area contributed by atoms with E-state index in [4.69, 9.17) is 16.3 Å². The van der Waals surface area contributed by atoms with Crippen molar-refractivity contribution in [2.24, 2.45) is 0 Å². The second kappa shape index (κ2) is 6.64. The molecular weight excluding hydrogens is 296 g/mol. The summed E-state index contributed by atoms with van der Waals surface area (Å²) in [5.74, 6) is -0.769. The number of likely N-dealkylation sites (tertiary alicyclic amines) is 2. The molecule has 0 aromatic carbocycles. The number of rotatable bonds is 3. The Hall–Kier alpha value is -1.30. The van der Waals surface area contributed by atoms with Crippen LogP contribution in [0.2, 0.25) is 0 Å². The molecule has 2 fully saturated rings. The molecule has 0 aliphatic carbocycles. The van der Waals surface area contributed by atoms with E-state index >= 15 is 0 Å². The fraction of sp³-hybridized carbons (Fsp3) is 0.786. The minimum atomic E-state index is -0.645. The van der Waals surface area contributed by atoms with E-state index in [1.165, 1.54) is 7.11 Å². The molecule has 2 heterocycles. The number of carbonyl (C=O) groups is 3. The first-order valence-electron chi connectivity index (χ1n) is 7.30. The molecule has 6 nitrogen and oxygen atoms in total. The summed E-state index contributed by atoms with van der Waals surface area (Å²) >= 11 is 5.85. The SMILES string of the molecule is COC(=O)[C@@H]1CCCN1C(=O)[C@@H]1CCCN1C(=O)[C@H](C)Cl. The Labute approximate surface area is 129 Å². The molecule has 0 saturated carbocycles. The average Bonchev–Trinajstić information content (AvgIpc) is 3.13. The van der Waals surface area contributed by atoms with Crippen LogP contribution in [0.25, 0.3) is 0 Å². The Morgan fingerprint density at radius 3 is 2.24 bits per heavy atom. The van der Waals surface area contributed by atoms with Crippen molar-refractivity contribution in [1.82, 2.24) is 9.80 Å². The van der Waals surface area contributed by atoms with Crippen LogP contribution >= 0.6 is 11.6 Å². The van der Waals surface area contributed by atoms with Crippen LogP contribution < -0.4 is 0 Å². The third-order valence-electron chi connectivity index (χ3n) is 4.17. The van der Waals surface area contributed by atoms with Gasteiger partial charge in [-0.3, -0.25) is 9.59 Å². The molecule has 0 aromatic rings. The van der Waals surface area contributed by atoms with E-state index in [-0.39, 0.29) is 17.8 Å². The van der Waals surface area contributed by atoms with Crippen molar-refractivity contribution in [3.05, 3.63) is 0 Å². The maximum atomic E-state index is 12.7. The first-order chi connectivity index (χ1) is 9.97. The molecule has 2 aliphatic heterocycles. The number of ether oxygens (including phenoxy) is 1. The Morgan fingerprint density at radius 2 is 1.67 bits per heavy atom. The van der Waals surface area contributed by atoms with Gasteiger partial charge in [-0.15, -0.1) is 11.6 Å². The van der Waals surface area contributed by atoms with E-state index in [1.807, 2.05) is 0 Å². The van der Waals surface area contributed by atoms with Crippen molar-refractivity contribution in [2.45, 2.75) is 50.1 Å². The number of amides is 2. The van der Waals surface area contributed by atoms with Crippen molar-refractivity contribution in [3.8, 4) is 0 Å². The van der Waals surface area contributed by atoms with Crippen LogP contribution in [0.1, 0.15) is 32.6 Å². The summed E-state index contributed by atoms with van der Waals surface area (Å²) in [6, 6.07) is -1.02. The molecule has 3 atom stereocenters. The Morgan fingerprint density at radius 1 is 1.10 bits per heavy atom. The number of hydrogen-bond acceptors (Lipinski definition) is 4. The van der Waals surface area contributed by atoms with E-state index in [0.717, 1.165) is 12.8 Å². The maximum Gasteiger partial charge on any atom is 0.328 e. The lowest BCUT2D eigenvalue weighted by Gasteiger charge is -2.30. The zero-order chi connectivity index (χ0) is 15.6. The largest absolute Gasteiger partial charge is 0.467 e. The van der Waals surface area contributed by atoms with Gasteiger partial charge >= 0.3 is 5.97 Å². The number of halogens is 1. The molecule has 2 aliphatic rings. The van der Waals surface area contributed by atoms with Crippen molar-refractivity contribution in [3.63, 3.8) is 0 Å². The molecule has 2 amide bonds. The standard InChI is InChI=1S/C14H21ClN2O4/c1-9(15)12(18)16-7-3-5-10(16)13(19)17-8-4-6-11(17)14(20)21-2/h9-11H,3-8H2,1-2H3/t9-,10-,11-/m0/s1. The van der Waals surface area contributed by atoms with Crippen LogP contribution in [-0.2, 0) is 19.1 Å². The maximum absolute atomic E-state index is 12.7. The van der Waals surface area contributed by atoms with Gasteiger partial charge in [-0.25, -0.2) is 4.79 Å². The minimum absolute atomic E-state index is 0.161. The van der Waals surface area contributed by atoms with Crippen molar-refractivity contribution in [1.29, 1.82) is 0 Å². The normalized spacial score (nSPS) is 26.8. The molecule has 0 bridgehead atoms. The van der Waals surface area contributed by atoms with Gasteiger partial charge in [-0.05, 0) is 32.6 Å². The Balaban J connectivity index is 2.11. The minimum Gasteiger partial charge on any atom is -0.467 e. The fourth-order valence-corrected chi connectivity index (χ4v) is 3.24. The Kier molecular flexibility index (Phi) is 5.08. The second-order valence-corrected chi connectivity index (χ2v) is 6.17. The van der Waals surface area contributed by atoms with Gasteiger partial charge < -0.3 is 14.5 Å². The predicted octanol–water partition coefficient (Wildman–Crippen LogP) is 0.769. The monoisotopic (exact) mass is 316 g/mol. The van der Waals surface area contributed by atoms with Gasteiger partial charge in [0.2, 0.25) is 11.8 Å². The Bertz CT molecular complexity index is 441. The number of carbonyl (C=O) groups excluding carboxylic acids is 3. The van der Waals surface area contributed by atoms with Crippen molar-refractivity contribution >= 4 is 29.4 Å². The van der Waals surface area contributed by atoms with E-state index in [0.29, 0.717) is 25.9 Å². The van der Waals surface area contributed by atoms with E-state index < -0.39 is 17.5 Å². The molecule has 0 spiro atoms. The van der Waals surface area contributed by atoms with Gasteiger partial charge in [0.1, 0.15) is 17.5 Å². The summed E-state index contributed by atoms with van der Waals surface area (Å²) in [5, 5.41) is -0.645. The number of alkyl halides is 1. The number of nitrogens with zero attached hydrogens (tertiary/aromatic N) is 2. The molecule has 0 radical (unpaired) electrons. The van der Waals surface area contributed by atoms with Crippen LogP contribution in [0.3, 0.4) is 0 Å². The molecule has 0 N–H and O–H groups in total. The summed E-state index contributed by atoms with van der Waals surface area (Å²) in [5.41, 5.74) is 0. The first-order valence-corrected chi connectivity index (χ1v) is 7.74. The molecule has 21 heavy (non-hydrogen) atoms. The molecule has 2 rings (SSSR count). The molecule has 0 aromatic heterocycles. The highest BCUT2D eigenvalue weighted by Crippen LogP contribution is 2.26. The van der Waals surface area contributed by atoms with Crippen LogP contribution in [0, 0.1) is 0 Å². The predicted molar refractivity (Wildman–Crippen MR) is 76.8 cm³/mol. The number of methoxy groups -OCH3 is 1. The van der Waals surface area contributed by atoms with Crippen LogP contribution in [0.5, 0.6) is 0 Å². The lowest BCUT2D eigenvalue weighted by molar-refractivity contribution is -0.153. The van der Waals surface area contributed by atoms with Crippen LogP contribution in [0.15, 0.2) is 0 Å². The van der Waals surface area contributed by atoms with E-state index in [2.05, 4.69) is 0 Å². The lowest BCUT2D eigenvalue weighted by Crippen LogP contribution is -2.52. The molecule has 2 saturated heterocycles. The fourth-order valence-electron chi connectivity index (χ4n) is 3.12. The topological polar surface area (TPSA) is 66.9 Å². The van der Waals surface area contributed by atoms with Crippen molar-refractivity contribution in [2.75, 3.05) is 20.2 Å². The summed E-state index contributed by atoms with van der Waals surface area (Å²) in [6.07, 6.45) is 2.80. The van der Waals surface area contributed by atoms with Gasteiger partial charge in [0, 0.05) is 13.1 Å². The van der Waals surface area contributed by atoms with Gasteiger partial charge in [0.05, 0.1) is 7.11 Å². The molecule has 0 unspecified atom stereocenters. The third kappa shape index (κ3) is 3.15. The summed E-state index contributed by atoms with van der Waals surface area (Å²) in [4.78, 5) is 39.6. The van der Waals surface area contributed by atoms with Crippen LogP contribution in [-0.4, -0.2) is 65.2 Å². The highest BCUT2D eigenvalue weighted by atomic mass is 35.5. The average molecular weight is 317 g/mol. The lowest BCUT2D eigenvalue weighted by atomic mass is 10.1. The summed E-state index contributed by atoms with van der Waals surface area (Å²) in [6.45, 7) is 2.69. The van der Waals surface area contributed by atoms with Gasteiger partial charge in [-0.1, -0.05) is 0 Å². The highest BCUT2D eigenvalue weighted by molar-refractivity contribution is 6.30. The van der Waals surface area contributed by atoms with E-state index in [9.17, 15) is 14.4 Å². The summed E-state index contributed by atoms with van der Waals surface area (Å²) < 4.78 is 4.76. The van der Waals surface area contributed by atoms with Gasteiger partial charge in [-0.2, -0.15) is 0 Å². The van der Waals surface area contributed by atoms with Gasteiger partial charge in [0.25, 0.3) is 0 Å². The van der Waals surface area contributed by atoms with E-state index in [1.54, 1.807) is 16.7 Å². The smallest absolute Gasteiger partial charge is 0.328 e. The quantitative estimate of drug-likeness (QED) is 0.570. The zero-order valence-electron chi connectivity index (χ0n) is 12.4. The number of esters is 1. The molecule has 118 valence electrons. The highest BCUT2D eigenvalue weighted by Gasteiger charge is 2.42. The first kappa shape index (κ1) is 16.1. The summed E-state index contributed by atoms with van der Waals surface area (Å²) in [7, 11) is 1.32.